The van der Waals surface area contributed by atoms with Crippen LogP contribution in [0.15, 0.2) is 23.0 Å². The molecule has 1 atom stereocenters. The Labute approximate surface area is 64.6 Å². The van der Waals surface area contributed by atoms with Crippen molar-refractivity contribution < 1.29 is 8.78 Å². The molecule has 62 valence electrons. The highest BCUT2D eigenvalue weighted by Crippen LogP contribution is 2.27. The van der Waals surface area contributed by atoms with Crippen molar-refractivity contribution in [3.63, 3.8) is 0 Å². The van der Waals surface area contributed by atoms with Gasteiger partial charge < -0.3 is 5.73 Å². The lowest BCUT2D eigenvalue weighted by molar-refractivity contribution is 0.368. The molecular formula is C8H11F2N. The standard InChI is InChI=1S/C8H11F2N/c1-5-7(9)3-2-6(4-11)8(5)10/h2,7H,3-4,11H2,1H3. The number of allylic oxidation sites excluding steroid dienone is 2. The fraction of sp³-hybridized carbons (Fsp3) is 0.500. The van der Waals surface area contributed by atoms with E-state index in [0.29, 0.717) is 5.57 Å². The monoisotopic (exact) mass is 159 g/mol. The van der Waals surface area contributed by atoms with E-state index in [9.17, 15) is 8.78 Å². The summed E-state index contributed by atoms with van der Waals surface area (Å²) in [7, 11) is 0. The Kier molecular flexibility index (Phi) is 2.39. The normalized spacial score (nSPS) is 25.5. The van der Waals surface area contributed by atoms with Gasteiger partial charge in [0.05, 0.1) is 0 Å². The first kappa shape index (κ1) is 8.40. The summed E-state index contributed by atoms with van der Waals surface area (Å²) in [6.07, 6.45) is 0.615. The minimum absolute atomic E-state index is 0.149. The van der Waals surface area contributed by atoms with Crippen molar-refractivity contribution in [1.29, 1.82) is 0 Å². The summed E-state index contributed by atoms with van der Waals surface area (Å²) >= 11 is 0. The van der Waals surface area contributed by atoms with Gasteiger partial charge >= 0.3 is 0 Å². The van der Waals surface area contributed by atoms with Gasteiger partial charge in [-0.3, -0.25) is 0 Å². The van der Waals surface area contributed by atoms with Crippen molar-refractivity contribution in [2.24, 2.45) is 5.73 Å². The number of rotatable bonds is 1. The van der Waals surface area contributed by atoms with Gasteiger partial charge in [0.2, 0.25) is 0 Å². The highest BCUT2D eigenvalue weighted by atomic mass is 19.1. The van der Waals surface area contributed by atoms with Crippen LogP contribution < -0.4 is 5.73 Å². The first-order valence-electron chi connectivity index (χ1n) is 3.56. The number of alkyl halides is 1. The molecule has 0 fully saturated rings. The van der Waals surface area contributed by atoms with Crippen molar-refractivity contribution in [2.75, 3.05) is 6.54 Å². The highest BCUT2D eigenvalue weighted by Gasteiger charge is 2.19. The summed E-state index contributed by atoms with van der Waals surface area (Å²) in [5.41, 5.74) is 5.84. The summed E-state index contributed by atoms with van der Waals surface area (Å²) < 4.78 is 25.7. The molecule has 0 spiro atoms. The molecule has 1 unspecified atom stereocenters. The van der Waals surface area contributed by atoms with Crippen LogP contribution in [0.25, 0.3) is 0 Å². The number of halogens is 2. The quantitative estimate of drug-likeness (QED) is 0.620. The molecule has 0 bridgehead atoms. The van der Waals surface area contributed by atoms with Crippen LogP contribution in [-0.2, 0) is 0 Å². The molecule has 2 N–H and O–H groups in total. The maximum absolute atomic E-state index is 13.0. The molecule has 1 aliphatic rings. The second-order valence-corrected chi connectivity index (χ2v) is 2.63. The molecule has 0 heterocycles. The molecule has 3 heteroatoms. The van der Waals surface area contributed by atoms with E-state index in [0.717, 1.165) is 0 Å². The van der Waals surface area contributed by atoms with Gasteiger partial charge in [-0.25, -0.2) is 8.78 Å². The molecule has 0 aromatic carbocycles. The molecule has 1 nitrogen and oxygen atoms in total. The minimum Gasteiger partial charge on any atom is -0.326 e. The second-order valence-electron chi connectivity index (χ2n) is 2.63. The van der Waals surface area contributed by atoms with E-state index < -0.39 is 12.0 Å². The third-order valence-electron chi connectivity index (χ3n) is 1.89. The van der Waals surface area contributed by atoms with Gasteiger partial charge in [-0.15, -0.1) is 0 Å². The van der Waals surface area contributed by atoms with Crippen LogP contribution >= 0.6 is 0 Å². The van der Waals surface area contributed by atoms with Gasteiger partial charge in [-0.05, 0) is 18.1 Å². The Morgan fingerprint density at radius 1 is 1.73 bits per heavy atom. The van der Waals surface area contributed by atoms with Crippen LogP contribution in [0.4, 0.5) is 8.78 Å². The van der Waals surface area contributed by atoms with Gasteiger partial charge in [0.1, 0.15) is 12.0 Å². The number of hydrogen-bond donors (Lipinski definition) is 1. The zero-order valence-electron chi connectivity index (χ0n) is 6.40. The molecule has 0 aromatic rings. The first-order chi connectivity index (χ1) is 5.16. The van der Waals surface area contributed by atoms with Gasteiger partial charge in [0, 0.05) is 13.0 Å². The van der Waals surface area contributed by atoms with Crippen molar-refractivity contribution in [3.05, 3.63) is 23.0 Å². The summed E-state index contributed by atoms with van der Waals surface area (Å²) in [6, 6.07) is 0. The Balaban J connectivity index is 2.90. The molecule has 0 radical (unpaired) electrons. The minimum atomic E-state index is -1.16. The van der Waals surface area contributed by atoms with Gasteiger partial charge in [0.15, 0.2) is 0 Å². The predicted octanol–water partition coefficient (Wildman–Crippen LogP) is 1.86. The maximum atomic E-state index is 13.0. The van der Waals surface area contributed by atoms with Gasteiger partial charge in [-0.1, -0.05) is 6.08 Å². The fourth-order valence-electron chi connectivity index (χ4n) is 1.08. The Hall–Kier alpha value is -0.700. The summed E-state index contributed by atoms with van der Waals surface area (Å²) in [5, 5.41) is 0. The maximum Gasteiger partial charge on any atom is 0.129 e. The van der Waals surface area contributed by atoms with Crippen molar-refractivity contribution in [3.8, 4) is 0 Å². The van der Waals surface area contributed by atoms with Crippen LogP contribution in [0.5, 0.6) is 0 Å². The van der Waals surface area contributed by atoms with Crippen LogP contribution in [0.1, 0.15) is 13.3 Å². The average Bonchev–Trinajstić information content (AvgIpc) is 2.01. The van der Waals surface area contributed by atoms with Gasteiger partial charge in [0.25, 0.3) is 0 Å². The van der Waals surface area contributed by atoms with Crippen LogP contribution in [0.3, 0.4) is 0 Å². The third-order valence-corrected chi connectivity index (χ3v) is 1.89. The van der Waals surface area contributed by atoms with E-state index in [2.05, 4.69) is 0 Å². The molecule has 0 saturated carbocycles. The van der Waals surface area contributed by atoms with E-state index >= 15 is 0 Å². The van der Waals surface area contributed by atoms with Crippen LogP contribution in [-0.4, -0.2) is 12.7 Å². The Morgan fingerprint density at radius 2 is 2.36 bits per heavy atom. The zero-order valence-corrected chi connectivity index (χ0v) is 6.40. The molecule has 11 heavy (non-hydrogen) atoms. The van der Waals surface area contributed by atoms with Crippen molar-refractivity contribution in [1.82, 2.24) is 0 Å². The lowest BCUT2D eigenvalue weighted by Crippen LogP contribution is -2.13. The lowest BCUT2D eigenvalue weighted by atomic mass is 9.98. The Bertz CT molecular complexity index is 218. The van der Waals surface area contributed by atoms with Crippen LogP contribution in [0, 0.1) is 0 Å². The first-order valence-corrected chi connectivity index (χ1v) is 3.56. The average molecular weight is 159 g/mol. The molecule has 0 aliphatic heterocycles. The summed E-state index contributed by atoms with van der Waals surface area (Å²) in [5.74, 6) is -0.466. The zero-order chi connectivity index (χ0) is 8.43. The van der Waals surface area contributed by atoms with E-state index in [-0.39, 0.29) is 18.5 Å². The molecular weight excluding hydrogens is 148 g/mol. The molecule has 0 saturated heterocycles. The smallest absolute Gasteiger partial charge is 0.129 e. The summed E-state index contributed by atoms with van der Waals surface area (Å²) in [4.78, 5) is 0. The SMILES string of the molecule is CC1=C(F)C(CN)=CCC1F. The van der Waals surface area contributed by atoms with E-state index in [1.807, 2.05) is 0 Å². The lowest BCUT2D eigenvalue weighted by Gasteiger charge is -2.15. The molecule has 0 aromatic heterocycles. The Morgan fingerprint density at radius 3 is 2.91 bits per heavy atom. The number of nitrogens with two attached hydrogens (primary N) is 1. The molecule has 1 aliphatic carbocycles. The highest BCUT2D eigenvalue weighted by molar-refractivity contribution is 5.35. The fourth-order valence-corrected chi connectivity index (χ4v) is 1.08. The summed E-state index contributed by atoms with van der Waals surface area (Å²) in [6.45, 7) is 1.61. The van der Waals surface area contributed by atoms with Crippen molar-refractivity contribution >= 4 is 0 Å². The second kappa shape index (κ2) is 3.13. The number of hydrogen-bond acceptors (Lipinski definition) is 1. The third kappa shape index (κ3) is 1.48. The van der Waals surface area contributed by atoms with E-state index in [4.69, 9.17) is 5.73 Å². The largest absolute Gasteiger partial charge is 0.326 e. The van der Waals surface area contributed by atoms with E-state index in [1.54, 1.807) is 0 Å². The van der Waals surface area contributed by atoms with E-state index in [1.165, 1.54) is 13.0 Å². The topological polar surface area (TPSA) is 26.0 Å². The van der Waals surface area contributed by atoms with Gasteiger partial charge in [-0.2, -0.15) is 0 Å². The van der Waals surface area contributed by atoms with Crippen molar-refractivity contribution in [2.45, 2.75) is 19.5 Å². The molecule has 1 rings (SSSR count). The van der Waals surface area contributed by atoms with Crippen LogP contribution in [0.2, 0.25) is 0 Å². The molecule has 0 amide bonds. The predicted molar refractivity (Wildman–Crippen MR) is 40.5 cm³/mol.